The summed E-state index contributed by atoms with van der Waals surface area (Å²) >= 11 is 1.65. The molecule has 160 valence electrons. The number of carbonyl (C=O) groups is 1. The highest BCUT2D eigenvalue weighted by molar-refractivity contribution is 7.07. The van der Waals surface area contributed by atoms with Gasteiger partial charge < -0.3 is 19.4 Å². The molecule has 1 aliphatic heterocycles. The third-order valence-corrected chi connectivity index (χ3v) is 6.55. The van der Waals surface area contributed by atoms with Crippen LogP contribution in [-0.2, 0) is 4.79 Å². The van der Waals surface area contributed by atoms with Gasteiger partial charge in [-0.1, -0.05) is 12.8 Å². The predicted molar refractivity (Wildman–Crippen MR) is 122 cm³/mol. The minimum Gasteiger partial charge on any atom is -0.494 e. The molecule has 3 aromatic rings. The highest BCUT2D eigenvalue weighted by Gasteiger charge is 2.23. The molecule has 1 aromatic heterocycles. The molecule has 1 fully saturated rings. The zero-order chi connectivity index (χ0) is 21.2. The summed E-state index contributed by atoms with van der Waals surface area (Å²) in [5.74, 6) is 1.45. The van der Waals surface area contributed by atoms with E-state index in [-0.39, 0.29) is 12.5 Å². The van der Waals surface area contributed by atoms with Gasteiger partial charge in [-0.3, -0.25) is 4.79 Å². The van der Waals surface area contributed by atoms with E-state index in [0.717, 1.165) is 46.0 Å². The van der Waals surface area contributed by atoms with Crippen LogP contribution in [0, 0.1) is 0 Å². The number of aromatic nitrogens is 1. The van der Waals surface area contributed by atoms with Crippen molar-refractivity contribution >= 4 is 28.6 Å². The van der Waals surface area contributed by atoms with Crippen molar-refractivity contribution in [2.45, 2.75) is 38.6 Å². The minimum atomic E-state index is -0.121. The fraction of sp³-hybridized carbons (Fsp3) is 0.333. The maximum atomic E-state index is 11.8. The Labute approximate surface area is 185 Å². The molecule has 0 unspecified atom stereocenters. The molecule has 1 N–H and O–H groups in total. The third-order valence-electron chi connectivity index (χ3n) is 5.71. The van der Waals surface area contributed by atoms with Gasteiger partial charge in [-0.2, -0.15) is 0 Å². The lowest BCUT2D eigenvalue weighted by molar-refractivity contribution is -0.118. The van der Waals surface area contributed by atoms with Crippen molar-refractivity contribution < 1.29 is 14.3 Å². The number of fused-ring (bicyclic) bond motifs is 1. The standard InChI is InChI=1S/C24H25N3O3S/c1-2-29-19-10-8-17(9-11-19)25-24-27(18-5-3-4-6-18)21(15-31-24)16-7-12-22-20(13-16)26-23(28)14-30-22/h7-13,15,18H,2-6,14H2,1H3,(H,26,28). The van der Waals surface area contributed by atoms with Crippen molar-refractivity contribution in [2.24, 2.45) is 4.99 Å². The Bertz CT molecular complexity index is 1160. The smallest absolute Gasteiger partial charge is 0.262 e. The maximum Gasteiger partial charge on any atom is 0.262 e. The van der Waals surface area contributed by atoms with Gasteiger partial charge in [0.2, 0.25) is 0 Å². The van der Waals surface area contributed by atoms with Gasteiger partial charge in [0.25, 0.3) is 5.91 Å². The number of amides is 1. The number of rotatable bonds is 5. The number of nitrogens with one attached hydrogen (secondary N) is 1. The van der Waals surface area contributed by atoms with Crippen LogP contribution in [0.4, 0.5) is 11.4 Å². The molecular weight excluding hydrogens is 410 g/mol. The lowest BCUT2D eigenvalue weighted by Gasteiger charge is -2.20. The van der Waals surface area contributed by atoms with Crippen molar-refractivity contribution in [3.05, 3.63) is 52.6 Å². The monoisotopic (exact) mass is 435 g/mol. The summed E-state index contributed by atoms with van der Waals surface area (Å²) in [6.45, 7) is 2.70. The summed E-state index contributed by atoms with van der Waals surface area (Å²) in [7, 11) is 0. The molecule has 0 bridgehead atoms. The molecule has 5 rings (SSSR count). The molecular formula is C24H25N3O3S. The number of benzene rings is 2. The van der Waals surface area contributed by atoms with E-state index in [1.54, 1.807) is 11.3 Å². The number of hydrogen-bond donors (Lipinski definition) is 1. The zero-order valence-electron chi connectivity index (χ0n) is 17.5. The fourth-order valence-corrected chi connectivity index (χ4v) is 5.25. The molecule has 0 atom stereocenters. The molecule has 31 heavy (non-hydrogen) atoms. The highest BCUT2D eigenvalue weighted by atomic mass is 32.1. The van der Waals surface area contributed by atoms with Gasteiger partial charge in [0, 0.05) is 17.0 Å². The van der Waals surface area contributed by atoms with Gasteiger partial charge >= 0.3 is 0 Å². The van der Waals surface area contributed by atoms with Crippen LogP contribution in [0.15, 0.2) is 52.8 Å². The van der Waals surface area contributed by atoms with Crippen LogP contribution in [0.1, 0.15) is 38.6 Å². The summed E-state index contributed by atoms with van der Waals surface area (Å²) in [4.78, 5) is 17.7. The average molecular weight is 436 g/mol. The van der Waals surface area contributed by atoms with Crippen molar-refractivity contribution in [3.63, 3.8) is 0 Å². The Kier molecular flexibility index (Phi) is 5.51. The summed E-state index contributed by atoms with van der Waals surface area (Å²) < 4.78 is 13.4. The molecule has 2 heterocycles. The molecule has 2 aliphatic rings. The summed E-state index contributed by atoms with van der Waals surface area (Å²) in [6, 6.07) is 14.3. The minimum absolute atomic E-state index is 0.0674. The topological polar surface area (TPSA) is 64.8 Å². The summed E-state index contributed by atoms with van der Waals surface area (Å²) in [5, 5.41) is 5.08. The van der Waals surface area contributed by atoms with Crippen LogP contribution in [0.3, 0.4) is 0 Å². The lowest BCUT2D eigenvalue weighted by atomic mass is 10.1. The number of hydrogen-bond acceptors (Lipinski definition) is 5. The molecule has 0 saturated heterocycles. The van der Waals surface area contributed by atoms with Crippen LogP contribution in [0.25, 0.3) is 11.3 Å². The van der Waals surface area contributed by atoms with Crippen LogP contribution >= 0.6 is 11.3 Å². The Morgan fingerprint density at radius 3 is 2.77 bits per heavy atom. The van der Waals surface area contributed by atoms with E-state index in [9.17, 15) is 4.79 Å². The molecule has 6 nitrogen and oxygen atoms in total. The van der Waals surface area contributed by atoms with Crippen molar-refractivity contribution in [1.29, 1.82) is 0 Å². The summed E-state index contributed by atoms with van der Waals surface area (Å²) in [5.41, 5.74) is 3.82. The third kappa shape index (κ3) is 4.10. The molecule has 0 radical (unpaired) electrons. The van der Waals surface area contributed by atoms with Gasteiger partial charge in [0.1, 0.15) is 11.5 Å². The van der Waals surface area contributed by atoms with Gasteiger partial charge in [-0.25, -0.2) is 4.99 Å². The molecule has 2 aromatic carbocycles. The lowest BCUT2D eigenvalue weighted by Crippen LogP contribution is -2.25. The number of anilines is 1. The van der Waals surface area contributed by atoms with Crippen LogP contribution < -0.4 is 19.6 Å². The zero-order valence-corrected chi connectivity index (χ0v) is 18.3. The number of carbonyl (C=O) groups excluding carboxylic acids is 1. The Hall–Kier alpha value is -3.06. The predicted octanol–water partition coefficient (Wildman–Crippen LogP) is 5.29. The Morgan fingerprint density at radius 2 is 2.00 bits per heavy atom. The van der Waals surface area contributed by atoms with Gasteiger partial charge in [0.15, 0.2) is 11.4 Å². The molecule has 0 spiro atoms. The first-order valence-corrected chi connectivity index (χ1v) is 11.6. The molecule has 1 aliphatic carbocycles. The first-order chi connectivity index (χ1) is 15.2. The van der Waals surface area contributed by atoms with Crippen molar-refractivity contribution in [2.75, 3.05) is 18.5 Å². The molecule has 7 heteroatoms. The Balaban J connectivity index is 1.57. The van der Waals surface area contributed by atoms with Crippen LogP contribution in [-0.4, -0.2) is 23.7 Å². The largest absolute Gasteiger partial charge is 0.494 e. The van der Waals surface area contributed by atoms with E-state index in [2.05, 4.69) is 21.3 Å². The second kappa shape index (κ2) is 8.59. The second-order valence-electron chi connectivity index (χ2n) is 7.80. The number of nitrogens with zero attached hydrogens (tertiary/aromatic N) is 2. The summed E-state index contributed by atoms with van der Waals surface area (Å²) in [6.07, 6.45) is 4.79. The fourth-order valence-electron chi connectivity index (χ4n) is 4.26. The van der Waals surface area contributed by atoms with Crippen LogP contribution in [0.2, 0.25) is 0 Å². The van der Waals surface area contributed by atoms with E-state index in [4.69, 9.17) is 14.5 Å². The van der Waals surface area contributed by atoms with Crippen molar-refractivity contribution in [3.8, 4) is 22.8 Å². The molecule has 1 saturated carbocycles. The van der Waals surface area contributed by atoms with Gasteiger partial charge in [0.05, 0.1) is 23.7 Å². The van der Waals surface area contributed by atoms with E-state index in [1.807, 2.05) is 43.3 Å². The van der Waals surface area contributed by atoms with Gasteiger partial charge in [-0.15, -0.1) is 11.3 Å². The first kappa shape index (κ1) is 19.9. The van der Waals surface area contributed by atoms with Crippen LogP contribution in [0.5, 0.6) is 11.5 Å². The number of thiazole rings is 1. The number of ether oxygens (including phenoxy) is 2. The Morgan fingerprint density at radius 1 is 1.19 bits per heavy atom. The average Bonchev–Trinajstić information content (AvgIpc) is 3.44. The SMILES string of the molecule is CCOc1ccc(N=c2scc(-c3ccc4c(c3)NC(=O)CO4)n2C2CCCC2)cc1. The highest BCUT2D eigenvalue weighted by Crippen LogP contribution is 2.37. The second-order valence-corrected chi connectivity index (χ2v) is 8.63. The van der Waals surface area contributed by atoms with E-state index in [0.29, 0.717) is 18.4 Å². The molecule has 1 amide bonds. The maximum absolute atomic E-state index is 11.8. The van der Waals surface area contributed by atoms with Crippen molar-refractivity contribution in [1.82, 2.24) is 4.57 Å². The first-order valence-electron chi connectivity index (χ1n) is 10.8. The quantitative estimate of drug-likeness (QED) is 0.592. The van der Waals surface area contributed by atoms with E-state index < -0.39 is 0 Å². The van der Waals surface area contributed by atoms with E-state index >= 15 is 0 Å². The van der Waals surface area contributed by atoms with Gasteiger partial charge in [-0.05, 0) is 62.2 Å². The van der Waals surface area contributed by atoms with E-state index in [1.165, 1.54) is 12.8 Å². The normalized spacial score (nSPS) is 16.7.